The highest BCUT2D eigenvalue weighted by atomic mass is 35.5. The van der Waals surface area contributed by atoms with Gasteiger partial charge in [-0.3, -0.25) is 0 Å². The highest BCUT2D eigenvalue weighted by molar-refractivity contribution is 5.85. The van der Waals surface area contributed by atoms with Crippen molar-refractivity contribution >= 4 is 24.6 Å². The molecule has 0 amide bonds. The number of halogens is 1. The third-order valence-electron chi connectivity index (χ3n) is 2.13. The summed E-state index contributed by atoms with van der Waals surface area (Å²) >= 11 is 0. The van der Waals surface area contributed by atoms with Gasteiger partial charge in [0.05, 0.1) is 6.21 Å². The monoisotopic (exact) mass is 252 g/mol. The van der Waals surface area contributed by atoms with Gasteiger partial charge in [0.2, 0.25) is 0 Å². The van der Waals surface area contributed by atoms with E-state index >= 15 is 0 Å². The highest BCUT2D eigenvalue weighted by Gasteiger charge is 1.97. The number of aryl methyl sites for hydroxylation is 1. The van der Waals surface area contributed by atoms with Crippen molar-refractivity contribution in [1.29, 1.82) is 0 Å². The van der Waals surface area contributed by atoms with Crippen LogP contribution in [-0.2, 0) is 0 Å². The minimum atomic E-state index is 0. The van der Waals surface area contributed by atoms with Crippen LogP contribution in [0, 0.1) is 6.92 Å². The van der Waals surface area contributed by atoms with E-state index in [1.165, 1.54) is 11.0 Å². The summed E-state index contributed by atoms with van der Waals surface area (Å²) < 4.78 is 1.26. The van der Waals surface area contributed by atoms with Crippen molar-refractivity contribution in [2.45, 2.75) is 6.92 Å². The molecule has 1 aromatic heterocycles. The Morgan fingerprint density at radius 3 is 2.82 bits per heavy atom. The number of hydrogen-bond acceptors (Lipinski definition) is 5. The molecule has 1 heterocycles. The summed E-state index contributed by atoms with van der Waals surface area (Å²) in [5.74, 6) is 5.90. The maximum Gasteiger partial charge on any atom is 0.263 e. The van der Waals surface area contributed by atoms with Gasteiger partial charge in [0.25, 0.3) is 5.95 Å². The van der Waals surface area contributed by atoms with Crippen LogP contribution in [0.25, 0.3) is 0 Å². The molecule has 1 aromatic carbocycles. The first-order valence-corrected chi connectivity index (χ1v) is 4.77. The van der Waals surface area contributed by atoms with E-state index in [9.17, 15) is 0 Å². The Kier molecular flexibility index (Phi) is 4.47. The third-order valence-corrected chi connectivity index (χ3v) is 2.13. The average Bonchev–Trinajstić information content (AvgIpc) is 2.67. The predicted octanol–water partition coefficient (Wildman–Crippen LogP) is 1.17. The van der Waals surface area contributed by atoms with Crippen molar-refractivity contribution in [2.75, 3.05) is 11.3 Å². The van der Waals surface area contributed by atoms with Crippen molar-refractivity contribution in [3.63, 3.8) is 0 Å². The quantitative estimate of drug-likeness (QED) is 0.488. The number of nitrogens with two attached hydrogens (primary N) is 1. The van der Waals surface area contributed by atoms with Crippen LogP contribution in [0.15, 0.2) is 35.7 Å². The minimum Gasteiger partial charge on any atom is -0.335 e. The smallest absolute Gasteiger partial charge is 0.263 e. The van der Waals surface area contributed by atoms with E-state index in [0.717, 1.165) is 11.1 Å². The van der Waals surface area contributed by atoms with Crippen LogP contribution in [0.1, 0.15) is 11.1 Å². The lowest BCUT2D eigenvalue weighted by molar-refractivity contribution is 0.988. The van der Waals surface area contributed by atoms with Crippen LogP contribution < -0.4 is 11.3 Å². The Hall–Kier alpha value is -2.08. The van der Waals surface area contributed by atoms with Gasteiger partial charge in [-0.2, -0.15) is 5.10 Å². The number of rotatable bonds is 3. The summed E-state index contributed by atoms with van der Waals surface area (Å²) in [6.45, 7) is 2.02. The number of nitrogens with one attached hydrogen (secondary N) is 1. The SMILES string of the molecule is Cc1ccccc1/C=N/Nc1nncn1N.Cl. The van der Waals surface area contributed by atoms with Gasteiger partial charge in [-0.1, -0.05) is 24.3 Å². The minimum absolute atomic E-state index is 0. The molecule has 2 aromatic rings. The Labute approximate surface area is 105 Å². The molecule has 0 unspecified atom stereocenters. The molecule has 3 N–H and O–H groups in total. The van der Waals surface area contributed by atoms with Crippen LogP contribution in [0.5, 0.6) is 0 Å². The van der Waals surface area contributed by atoms with Gasteiger partial charge in [0.1, 0.15) is 6.33 Å². The van der Waals surface area contributed by atoms with Gasteiger partial charge in [0.15, 0.2) is 0 Å². The van der Waals surface area contributed by atoms with E-state index in [1.807, 2.05) is 31.2 Å². The molecule has 0 spiro atoms. The van der Waals surface area contributed by atoms with Gasteiger partial charge in [0, 0.05) is 0 Å². The predicted molar refractivity (Wildman–Crippen MR) is 69.8 cm³/mol. The van der Waals surface area contributed by atoms with Crippen molar-refractivity contribution in [3.05, 3.63) is 41.7 Å². The van der Waals surface area contributed by atoms with Crippen LogP contribution in [0.2, 0.25) is 0 Å². The first kappa shape index (κ1) is 13.0. The second-order valence-corrected chi connectivity index (χ2v) is 3.29. The molecule has 2 rings (SSSR count). The maximum absolute atomic E-state index is 5.51. The van der Waals surface area contributed by atoms with E-state index in [4.69, 9.17) is 5.84 Å². The number of hydrogen-bond donors (Lipinski definition) is 2. The zero-order valence-electron chi connectivity index (χ0n) is 9.24. The molecule has 17 heavy (non-hydrogen) atoms. The molecule has 0 radical (unpaired) electrons. The fourth-order valence-corrected chi connectivity index (χ4v) is 1.21. The fraction of sp³-hybridized carbons (Fsp3) is 0.100. The zero-order valence-corrected chi connectivity index (χ0v) is 10.1. The van der Waals surface area contributed by atoms with E-state index in [0.29, 0.717) is 5.95 Å². The van der Waals surface area contributed by atoms with Gasteiger partial charge in [-0.15, -0.1) is 22.6 Å². The first-order valence-electron chi connectivity index (χ1n) is 4.77. The van der Waals surface area contributed by atoms with E-state index < -0.39 is 0 Å². The number of hydrazone groups is 1. The van der Waals surface area contributed by atoms with E-state index in [-0.39, 0.29) is 12.4 Å². The highest BCUT2D eigenvalue weighted by Crippen LogP contribution is 2.03. The number of nitrogen functional groups attached to an aromatic ring is 1. The molecule has 0 aliphatic heterocycles. The summed E-state index contributed by atoms with van der Waals surface area (Å²) in [4.78, 5) is 0. The molecule has 6 nitrogen and oxygen atoms in total. The van der Waals surface area contributed by atoms with Gasteiger partial charge < -0.3 is 5.84 Å². The summed E-state index contributed by atoms with van der Waals surface area (Å²) in [7, 11) is 0. The summed E-state index contributed by atoms with van der Waals surface area (Å²) in [6, 6.07) is 7.94. The number of anilines is 1. The second-order valence-electron chi connectivity index (χ2n) is 3.29. The lowest BCUT2D eigenvalue weighted by Crippen LogP contribution is -2.10. The van der Waals surface area contributed by atoms with Crippen molar-refractivity contribution in [2.24, 2.45) is 5.10 Å². The third kappa shape index (κ3) is 3.18. The van der Waals surface area contributed by atoms with Crippen LogP contribution in [-0.4, -0.2) is 21.1 Å². The van der Waals surface area contributed by atoms with Crippen molar-refractivity contribution < 1.29 is 0 Å². The molecule has 90 valence electrons. The standard InChI is InChI=1S/C10H12N6.ClH/c1-8-4-2-3-5-9(8)6-12-14-10-15-13-7-16(10)11;/h2-7H,11H2,1H3,(H,14,15);1H/b12-6+;. The van der Waals surface area contributed by atoms with E-state index in [1.54, 1.807) is 6.21 Å². The van der Waals surface area contributed by atoms with Gasteiger partial charge in [-0.05, 0) is 18.1 Å². The topological polar surface area (TPSA) is 81.1 Å². The Bertz CT molecular complexity index is 507. The average molecular weight is 253 g/mol. The Balaban J connectivity index is 0.00000144. The normalized spacial score (nSPS) is 10.2. The summed E-state index contributed by atoms with van der Waals surface area (Å²) in [5, 5.41) is 11.4. The van der Waals surface area contributed by atoms with E-state index in [2.05, 4.69) is 20.7 Å². The molecule has 0 aliphatic carbocycles. The van der Waals surface area contributed by atoms with Gasteiger partial charge in [-0.25, -0.2) is 10.1 Å². The first-order chi connectivity index (χ1) is 7.77. The molecule has 0 fully saturated rings. The Morgan fingerprint density at radius 1 is 1.41 bits per heavy atom. The number of aromatic nitrogens is 3. The molecular weight excluding hydrogens is 240 g/mol. The molecular formula is C10H13ClN6. The fourth-order valence-electron chi connectivity index (χ4n) is 1.21. The number of nitrogens with zero attached hydrogens (tertiary/aromatic N) is 4. The molecule has 0 bridgehead atoms. The van der Waals surface area contributed by atoms with Gasteiger partial charge >= 0.3 is 0 Å². The van der Waals surface area contributed by atoms with Crippen LogP contribution in [0.3, 0.4) is 0 Å². The summed E-state index contributed by atoms with van der Waals surface area (Å²) in [5.41, 5.74) is 4.90. The largest absolute Gasteiger partial charge is 0.335 e. The molecule has 0 aliphatic rings. The van der Waals surface area contributed by atoms with Crippen LogP contribution in [0.4, 0.5) is 5.95 Å². The molecule has 0 atom stereocenters. The van der Waals surface area contributed by atoms with Crippen LogP contribution >= 0.6 is 12.4 Å². The maximum atomic E-state index is 5.51. The second kappa shape index (κ2) is 5.86. The van der Waals surface area contributed by atoms with Crippen molar-refractivity contribution in [1.82, 2.24) is 14.9 Å². The Morgan fingerprint density at radius 2 is 2.18 bits per heavy atom. The molecule has 0 saturated heterocycles. The lowest BCUT2D eigenvalue weighted by Gasteiger charge is -1.99. The van der Waals surface area contributed by atoms with Crippen molar-refractivity contribution in [3.8, 4) is 0 Å². The lowest BCUT2D eigenvalue weighted by atomic mass is 10.1. The molecule has 7 heteroatoms. The molecule has 0 saturated carbocycles. The zero-order chi connectivity index (χ0) is 11.4. The number of benzene rings is 1. The summed E-state index contributed by atoms with van der Waals surface area (Å²) in [6.07, 6.45) is 3.11.